The fourth-order valence-corrected chi connectivity index (χ4v) is 7.87. The van der Waals surface area contributed by atoms with E-state index in [0.29, 0.717) is 41.0 Å². The largest absolute Gasteiger partial charge is 0.507 e. The number of piperazine rings is 1. The number of halogens is 3. The van der Waals surface area contributed by atoms with E-state index in [-0.39, 0.29) is 42.5 Å². The lowest BCUT2D eigenvalue weighted by Crippen LogP contribution is -2.68. The molecule has 1 saturated heterocycles. The van der Waals surface area contributed by atoms with E-state index in [1.165, 1.54) is 18.2 Å². The summed E-state index contributed by atoms with van der Waals surface area (Å²) >= 11 is 0. The molecule has 0 spiro atoms. The quantitative estimate of drug-likeness (QED) is 0.258. The molecule has 12 heteroatoms. The van der Waals surface area contributed by atoms with E-state index < -0.39 is 36.0 Å². The summed E-state index contributed by atoms with van der Waals surface area (Å²) in [6.45, 7) is 5.21. The summed E-state index contributed by atoms with van der Waals surface area (Å²) in [4.78, 5) is 17.0. The molecule has 1 fully saturated rings. The highest BCUT2D eigenvalue weighted by Gasteiger charge is 2.56. The molecule has 0 amide bonds. The third-order valence-corrected chi connectivity index (χ3v) is 10.3. The molecule has 0 radical (unpaired) electrons. The maximum atomic E-state index is 13.2. The minimum Gasteiger partial charge on any atom is -0.507 e. The fraction of sp³-hybridized carbons (Fsp3) is 0.400. The van der Waals surface area contributed by atoms with Gasteiger partial charge in [-0.05, 0) is 81.1 Å². The molecule has 0 saturated carbocycles. The number of hydrogen-bond acceptors (Lipinski definition) is 9. The van der Waals surface area contributed by atoms with Crippen molar-refractivity contribution in [1.82, 2.24) is 9.80 Å². The van der Waals surface area contributed by atoms with Gasteiger partial charge in [-0.2, -0.15) is 13.2 Å². The number of alkyl halides is 3. The Balaban J connectivity index is 1.28. The molecule has 1 unspecified atom stereocenters. The molecule has 4 aliphatic rings. The Morgan fingerprint density at radius 1 is 1.02 bits per heavy atom. The van der Waals surface area contributed by atoms with Crippen molar-refractivity contribution < 1.29 is 47.5 Å². The van der Waals surface area contributed by atoms with E-state index in [1.54, 1.807) is 6.92 Å². The predicted octanol–water partition coefficient (Wildman–Crippen LogP) is 5.22. The van der Waals surface area contributed by atoms with Crippen molar-refractivity contribution in [3.05, 3.63) is 86.5 Å². The first kappa shape index (κ1) is 31.3. The van der Waals surface area contributed by atoms with Crippen LogP contribution in [0.15, 0.2) is 36.4 Å². The number of phenols is 2. The third-order valence-electron chi connectivity index (χ3n) is 10.3. The summed E-state index contributed by atoms with van der Waals surface area (Å²) < 4.78 is 56.9. The average molecular weight is 653 g/mol. The first-order chi connectivity index (χ1) is 22.3. The van der Waals surface area contributed by atoms with Crippen LogP contribution in [0.3, 0.4) is 0 Å². The average Bonchev–Trinajstić information content (AvgIpc) is 3.52. The first-order valence-corrected chi connectivity index (χ1v) is 15.4. The van der Waals surface area contributed by atoms with Crippen LogP contribution in [0, 0.1) is 20.8 Å². The fourth-order valence-electron chi connectivity index (χ4n) is 7.87. The van der Waals surface area contributed by atoms with E-state index in [2.05, 4.69) is 11.0 Å². The number of ether oxygens (including phenoxy) is 3. The second-order valence-corrected chi connectivity index (χ2v) is 12.8. The zero-order valence-corrected chi connectivity index (χ0v) is 26.3. The molecule has 9 nitrogen and oxygen atoms in total. The van der Waals surface area contributed by atoms with Gasteiger partial charge in [0, 0.05) is 34.4 Å². The second kappa shape index (κ2) is 11.2. The summed E-state index contributed by atoms with van der Waals surface area (Å²) in [6, 6.07) is 4.67. The van der Waals surface area contributed by atoms with Gasteiger partial charge in [0.2, 0.25) is 6.79 Å². The Hall–Kier alpha value is -4.26. The number of aryl methyl sites for hydroxylation is 1. The van der Waals surface area contributed by atoms with Crippen molar-refractivity contribution in [2.24, 2.45) is 0 Å². The lowest BCUT2D eigenvalue weighted by molar-refractivity contribution is -0.182. The van der Waals surface area contributed by atoms with Crippen LogP contribution in [0.2, 0.25) is 0 Å². The lowest BCUT2D eigenvalue weighted by Gasteiger charge is -2.60. The minimum atomic E-state index is -4.53. The molecule has 2 bridgehead atoms. The van der Waals surface area contributed by atoms with Crippen LogP contribution in [0.1, 0.15) is 62.2 Å². The predicted molar refractivity (Wildman–Crippen MR) is 164 cm³/mol. The smallest absolute Gasteiger partial charge is 0.416 e. The standard InChI is InChI=1S/C35H35F3N2O7/c1-16-10-20-12-24-34(44)40-23(29(39(24)4)27(20)31(43)17(16)2)13-22-28(33-32(46-15-47-33)18(3)30(22)42)25(40)14-45-26(41)9-8-19-6-5-7-21(11-19)35(36,37)38/h5-11,23-25,29,34,42-44H,12-15H2,1-4H3/b9-8+/t23?,24-,25-,29-,34-/m0/s1. The van der Waals surface area contributed by atoms with Crippen molar-refractivity contribution in [3.8, 4) is 23.0 Å². The second-order valence-electron chi connectivity index (χ2n) is 12.8. The Morgan fingerprint density at radius 3 is 2.51 bits per heavy atom. The van der Waals surface area contributed by atoms with Gasteiger partial charge in [0.25, 0.3) is 0 Å². The Labute approximate surface area is 269 Å². The summed E-state index contributed by atoms with van der Waals surface area (Å²) in [5.74, 6) is 0.198. The number of nitrogens with zero attached hydrogens (tertiary/aromatic N) is 2. The van der Waals surface area contributed by atoms with Gasteiger partial charge in [0.15, 0.2) is 11.5 Å². The molecule has 4 aliphatic heterocycles. The highest BCUT2D eigenvalue weighted by Crippen LogP contribution is 2.57. The number of esters is 1. The van der Waals surface area contributed by atoms with E-state index in [4.69, 9.17) is 14.2 Å². The molecule has 248 valence electrons. The van der Waals surface area contributed by atoms with Gasteiger partial charge in [0.1, 0.15) is 24.3 Å². The van der Waals surface area contributed by atoms with Gasteiger partial charge >= 0.3 is 12.1 Å². The Kier molecular flexibility index (Phi) is 7.45. The molecule has 0 aromatic heterocycles. The Bertz CT molecular complexity index is 1820. The van der Waals surface area contributed by atoms with Crippen molar-refractivity contribution in [1.29, 1.82) is 0 Å². The SMILES string of the molecule is Cc1cc2c(c(O)c1C)[C@@H]1C3Cc4c(O)c(C)c5c(c4[C@H](COC(=O)/C=C/c4cccc(C(F)(F)F)c4)N3[C@@H](O)[C@H](C2)N1C)OCO5. The molecule has 3 aromatic rings. The lowest BCUT2D eigenvalue weighted by atomic mass is 9.73. The van der Waals surface area contributed by atoms with Crippen molar-refractivity contribution in [2.45, 2.75) is 70.2 Å². The molecule has 7 rings (SSSR count). The zero-order chi connectivity index (χ0) is 33.5. The van der Waals surface area contributed by atoms with Gasteiger partial charge in [-0.1, -0.05) is 18.2 Å². The summed E-state index contributed by atoms with van der Waals surface area (Å²) in [5, 5.41) is 35.0. The number of rotatable bonds is 4. The highest BCUT2D eigenvalue weighted by molar-refractivity contribution is 5.87. The van der Waals surface area contributed by atoms with Crippen LogP contribution < -0.4 is 9.47 Å². The van der Waals surface area contributed by atoms with Gasteiger partial charge in [-0.25, -0.2) is 4.79 Å². The number of fused-ring (bicyclic) bond motifs is 9. The van der Waals surface area contributed by atoms with Gasteiger partial charge < -0.3 is 29.5 Å². The molecule has 0 aliphatic carbocycles. The van der Waals surface area contributed by atoms with Gasteiger partial charge in [-0.3, -0.25) is 9.80 Å². The number of carbonyl (C=O) groups is 1. The van der Waals surface area contributed by atoms with Crippen LogP contribution in [-0.2, 0) is 28.5 Å². The van der Waals surface area contributed by atoms with Gasteiger partial charge in [-0.15, -0.1) is 0 Å². The highest BCUT2D eigenvalue weighted by atomic mass is 19.4. The van der Waals surface area contributed by atoms with Crippen LogP contribution in [-0.4, -0.2) is 69.8 Å². The normalized spacial score (nSPS) is 25.0. The topological polar surface area (TPSA) is 112 Å². The van der Waals surface area contributed by atoms with E-state index >= 15 is 0 Å². The number of carbonyl (C=O) groups excluding carboxylic acids is 1. The summed E-state index contributed by atoms with van der Waals surface area (Å²) in [6.07, 6.45) is -2.49. The molecular weight excluding hydrogens is 617 g/mol. The minimum absolute atomic E-state index is 0.0178. The zero-order valence-electron chi connectivity index (χ0n) is 26.3. The molecule has 4 heterocycles. The summed E-state index contributed by atoms with van der Waals surface area (Å²) in [7, 11) is 1.92. The molecule has 3 aromatic carbocycles. The summed E-state index contributed by atoms with van der Waals surface area (Å²) in [5.41, 5.74) is 4.40. The molecule has 5 atom stereocenters. The monoisotopic (exact) mass is 652 g/mol. The van der Waals surface area contributed by atoms with E-state index in [1.807, 2.05) is 25.8 Å². The van der Waals surface area contributed by atoms with Crippen molar-refractivity contribution >= 4 is 12.0 Å². The van der Waals surface area contributed by atoms with Crippen LogP contribution in [0.4, 0.5) is 13.2 Å². The van der Waals surface area contributed by atoms with Crippen molar-refractivity contribution in [3.63, 3.8) is 0 Å². The number of hydrogen-bond donors (Lipinski definition) is 3. The number of aliphatic hydroxyl groups excluding tert-OH is 1. The third kappa shape index (κ3) is 4.92. The van der Waals surface area contributed by atoms with Crippen LogP contribution in [0.25, 0.3) is 6.08 Å². The van der Waals surface area contributed by atoms with E-state index in [9.17, 15) is 33.3 Å². The molecular formula is C35H35F3N2O7. The number of aliphatic hydroxyl groups is 1. The van der Waals surface area contributed by atoms with E-state index in [0.717, 1.165) is 40.5 Å². The maximum absolute atomic E-state index is 13.2. The van der Waals surface area contributed by atoms with Crippen molar-refractivity contribution in [2.75, 3.05) is 20.4 Å². The van der Waals surface area contributed by atoms with Crippen LogP contribution >= 0.6 is 0 Å². The first-order valence-electron chi connectivity index (χ1n) is 15.4. The maximum Gasteiger partial charge on any atom is 0.416 e. The Morgan fingerprint density at radius 2 is 1.77 bits per heavy atom. The molecule has 3 N–H and O–H groups in total. The number of likely N-dealkylation sites (N-methyl/N-ethyl adjacent to an activating group) is 1. The van der Waals surface area contributed by atoms with Crippen LogP contribution in [0.5, 0.6) is 23.0 Å². The number of benzene rings is 3. The molecule has 47 heavy (non-hydrogen) atoms. The van der Waals surface area contributed by atoms with Gasteiger partial charge in [0.05, 0.1) is 23.7 Å². The number of aromatic hydroxyl groups is 2. The number of phenolic OH excluding ortho intramolecular Hbond substituents is 2.